The monoisotopic (exact) mass is 430 g/mol. The quantitative estimate of drug-likeness (QED) is 0.236. The molecule has 0 saturated carbocycles. The van der Waals surface area contributed by atoms with Gasteiger partial charge in [0.2, 0.25) is 11.8 Å². The maximum atomic E-state index is 12.9. The Bertz CT molecular complexity index is 828. The summed E-state index contributed by atoms with van der Waals surface area (Å²) in [7, 11) is 0. The number of hydrogen-bond donors (Lipinski definition) is 6. The highest BCUT2D eigenvalue weighted by Gasteiger charge is 2.28. The minimum Gasteiger partial charge on any atom is -0.480 e. The number of aromatic amines is 1. The number of benzene rings is 1. The number of nitrogens with one attached hydrogen (secondary N) is 3. The fourth-order valence-corrected chi connectivity index (χ4v) is 3.07. The number of nitrogens with zero attached hydrogens (tertiary/aromatic N) is 1. The summed E-state index contributed by atoms with van der Waals surface area (Å²) in [5.74, 6) is -2.26. The first-order valence-electron chi connectivity index (χ1n) is 10.2. The van der Waals surface area contributed by atoms with Gasteiger partial charge in [-0.25, -0.2) is 9.78 Å². The lowest BCUT2D eigenvalue weighted by molar-refractivity contribution is -0.142. The number of carboxylic acids is 1. The van der Waals surface area contributed by atoms with Crippen molar-refractivity contribution in [3.8, 4) is 0 Å². The summed E-state index contributed by atoms with van der Waals surface area (Å²) in [6, 6.07) is 6.04. The number of amides is 2. The van der Waals surface area contributed by atoms with Crippen LogP contribution in [0.15, 0.2) is 42.9 Å². The average Bonchev–Trinajstić information content (AvgIpc) is 3.26. The van der Waals surface area contributed by atoms with Crippen molar-refractivity contribution >= 4 is 17.8 Å². The van der Waals surface area contributed by atoms with E-state index in [1.165, 1.54) is 12.5 Å². The number of hydrogen-bond acceptors (Lipinski definition) is 6. The van der Waals surface area contributed by atoms with Gasteiger partial charge in [-0.05, 0) is 24.9 Å². The van der Waals surface area contributed by atoms with Gasteiger partial charge < -0.3 is 32.2 Å². The van der Waals surface area contributed by atoms with Gasteiger partial charge in [-0.3, -0.25) is 9.59 Å². The Balaban J connectivity index is 2.07. The topological polar surface area (TPSA) is 176 Å². The third kappa shape index (κ3) is 8.19. The number of unbranched alkanes of at least 4 members (excludes halogenated alkanes) is 1. The smallest absolute Gasteiger partial charge is 0.326 e. The maximum absolute atomic E-state index is 12.9. The molecule has 0 radical (unpaired) electrons. The molecule has 1 aromatic heterocycles. The Morgan fingerprint density at radius 1 is 1.03 bits per heavy atom. The van der Waals surface area contributed by atoms with Gasteiger partial charge in [0.1, 0.15) is 12.1 Å². The van der Waals surface area contributed by atoms with Gasteiger partial charge in [0.15, 0.2) is 0 Å². The van der Waals surface area contributed by atoms with Crippen LogP contribution >= 0.6 is 0 Å². The van der Waals surface area contributed by atoms with Crippen LogP contribution in [-0.2, 0) is 27.2 Å². The van der Waals surface area contributed by atoms with Gasteiger partial charge in [-0.15, -0.1) is 0 Å². The zero-order chi connectivity index (χ0) is 22.6. The van der Waals surface area contributed by atoms with E-state index in [9.17, 15) is 19.5 Å². The third-order valence-corrected chi connectivity index (χ3v) is 4.82. The zero-order valence-electron chi connectivity index (χ0n) is 17.3. The number of H-pyrrole nitrogens is 1. The van der Waals surface area contributed by atoms with Crippen LogP contribution in [0.5, 0.6) is 0 Å². The van der Waals surface area contributed by atoms with Crippen LogP contribution in [0.25, 0.3) is 0 Å². The second-order valence-corrected chi connectivity index (χ2v) is 7.32. The molecule has 10 nitrogen and oxygen atoms in total. The number of aliphatic carboxylic acids is 1. The van der Waals surface area contributed by atoms with E-state index in [0.717, 1.165) is 12.0 Å². The Morgan fingerprint density at radius 3 is 2.35 bits per heavy atom. The predicted molar refractivity (Wildman–Crippen MR) is 115 cm³/mol. The molecule has 0 aliphatic heterocycles. The molecule has 2 amide bonds. The summed E-state index contributed by atoms with van der Waals surface area (Å²) in [5.41, 5.74) is 12.8. The SMILES string of the molecule is NCCCC[C@H](N)C(=O)N[C@@H](Cc1cnc[nH]1)C(=O)N[C@@H](Cc1ccccc1)C(=O)O. The van der Waals surface area contributed by atoms with Crippen LogP contribution < -0.4 is 22.1 Å². The van der Waals surface area contributed by atoms with Crippen molar-refractivity contribution in [3.63, 3.8) is 0 Å². The largest absolute Gasteiger partial charge is 0.480 e. The van der Waals surface area contributed by atoms with E-state index in [-0.39, 0.29) is 12.8 Å². The number of carbonyl (C=O) groups excluding carboxylic acids is 2. The van der Waals surface area contributed by atoms with Crippen LogP contribution in [-0.4, -0.2) is 57.5 Å². The van der Waals surface area contributed by atoms with Crippen molar-refractivity contribution < 1.29 is 19.5 Å². The fraction of sp³-hybridized carbons (Fsp3) is 0.429. The van der Waals surface area contributed by atoms with Crippen LogP contribution in [0.1, 0.15) is 30.5 Å². The van der Waals surface area contributed by atoms with Crippen molar-refractivity contribution in [2.75, 3.05) is 6.54 Å². The molecule has 2 rings (SSSR count). The van der Waals surface area contributed by atoms with Gasteiger partial charge in [-0.2, -0.15) is 0 Å². The summed E-state index contributed by atoms with van der Waals surface area (Å²) in [6.07, 6.45) is 5.11. The molecule has 1 aromatic carbocycles. The summed E-state index contributed by atoms with van der Waals surface area (Å²) < 4.78 is 0. The predicted octanol–water partition coefficient (Wildman–Crippen LogP) is -0.295. The van der Waals surface area contributed by atoms with Crippen molar-refractivity contribution in [1.82, 2.24) is 20.6 Å². The van der Waals surface area contributed by atoms with Gasteiger partial charge in [-0.1, -0.05) is 36.8 Å². The van der Waals surface area contributed by atoms with E-state index in [4.69, 9.17) is 11.5 Å². The summed E-state index contributed by atoms with van der Waals surface area (Å²) in [6.45, 7) is 0.511. The maximum Gasteiger partial charge on any atom is 0.326 e. The van der Waals surface area contributed by atoms with Gasteiger partial charge in [0, 0.05) is 24.7 Å². The lowest BCUT2D eigenvalue weighted by atomic mass is 10.0. The van der Waals surface area contributed by atoms with Crippen LogP contribution in [0.3, 0.4) is 0 Å². The Labute approximate surface area is 180 Å². The highest BCUT2D eigenvalue weighted by atomic mass is 16.4. The van der Waals surface area contributed by atoms with E-state index >= 15 is 0 Å². The van der Waals surface area contributed by atoms with E-state index in [0.29, 0.717) is 25.1 Å². The van der Waals surface area contributed by atoms with E-state index < -0.39 is 35.9 Å². The highest BCUT2D eigenvalue weighted by Crippen LogP contribution is 2.06. The fourth-order valence-electron chi connectivity index (χ4n) is 3.07. The van der Waals surface area contributed by atoms with E-state index in [2.05, 4.69) is 20.6 Å². The number of nitrogens with two attached hydrogens (primary N) is 2. The van der Waals surface area contributed by atoms with Gasteiger partial charge in [0.05, 0.1) is 12.4 Å². The first kappa shape index (κ1) is 24.0. The second-order valence-electron chi connectivity index (χ2n) is 7.32. The summed E-state index contributed by atoms with van der Waals surface area (Å²) in [5, 5.41) is 14.7. The van der Waals surface area contributed by atoms with E-state index in [1.807, 2.05) is 6.07 Å². The molecule has 10 heteroatoms. The molecule has 3 atom stereocenters. The van der Waals surface area contributed by atoms with Crippen LogP contribution in [0.4, 0.5) is 0 Å². The Hall–Kier alpha value is -3.24. The average molecular weight is 431 g/mol. The van der Waals surface area contributed by atoms with Crippen molar-refractivity contribution in [1.29, 1.82) is 0 Å². The number of rotatable bonds is 13. The molecule has 0 bridgehead atoms. The number of carboxylic acid groups (broad SMARTS) is 1. The normalized spacial score (nSPS) is 13.7. The highest BCUT2D eigenvalue weighted by molar-refractivity contribution is 5.92. The molecule has 0 aliphatic rings. The van der Waals surface area contributed by atoms with Crippen LogP contribution in [0, 0.1) is 0 Å². The molecule has 0 aliphatic carbocycles. The molecule has 31 heavy (non-hydrogen) atoms. The number of imidazole rings is 1. The van der Waals surface area contributed by atoms with Gasteiger partial charge >= 0.3 is 5.97 Å². The van der Waals surface area contributed by atoms with Gasteiger partial charge in [0.25, 0.3) is 0 Å². The zero-order valence-corrected chi connectivity index (χ0v) is 17.3. The molecule has 168 valence electrons. The standard InChI is InChI=1S/C21H30N6O4/c22-9-5-4-8-16(23)19(28)26-17(11-15-12-24-13-25-15)20(29)27-18(21(30)31)10-14-6-2-1-3-7-14/h1-3,6-7,12-13,16-18H,4-5,8-11,22-23H2,(H,24,25)(H,26,28)(H,27,29)(H,30,31)/t16-,17-,18-/m0/s1. The summed E-state index contributed by atoms with van der Waals surface area (Å²) >= 11 is 0. The second kappa shape index (κ2) is 12.5. The minimum absolute atomic E-state index is 0.116. The summed E-state index contributed by atoms with van der Waals surface area (Å²) in [4.78, 5) is 43.9. The first-order chi connectivity index (χ1) is 14.9. The molecule has 0 saturated heterocycles. The Morgan fingerprint density at radius 2 is 1.74 bits per heavy atom. The number of carbonyl (C=O) groups is 3. The molecule has 1 heterocycles. The number of aromatic nitrogens is 2. The third-order valence-electron chi connectivity index (χ3n) is 4.82. The van der Waals surface area contributed by atoms with Crippen molar-refractivity contribution in [2.45, 2.75) is 50.2 Å². The van der Waals surface area contributed by atoms with Crippen LogP contribution in [0.2, 0.25) is 0 Å². The molecular formula is C21H30N6O4. The minimum atomic E-state index is -1.16. The lowest BCUT2D eigenvalue weighted by Crippen LogP contribution is -2.55. The van der Waals surface area contributed by atoms with Crippen molar-refractivity contribution in [3.05, 3.63) is 54.1 Å². The molecular weight excluding hydrogens is 400 g/mol. The molecule has 8 N–H and O–H groups in total. The lowest BCUT2D eigenvalue weighted by Gasteiger charge is -2.22. The Kier molecular flexibility index (Phi) is 9.66. The molecule has 2 aromatic rings. The van der Waals surface area contributed by atoms with Crippen molar-refractivity contribution in [2.24, 2.45) is 11.5 Å². The molecule has 0 unspecified atom stereocenters. The first-order valence-corrected chi connectivity index (χ1v) is 10.2. The molecule has 0 spiro atoms. The van der Waals surface area contributed by atoms with E-state index in [1.54, 1.807) is 24.3 Å². The molecule has 0 fully saturated rings.